The van der Waals surface area contributed by atoms with Crippen molar-refractivity contribution in [2.24, 2.45) is 0 Å². The maximum absolute atomic E-state index is 5.65. The van der Waals surface area contributed by atoms with Gasteiger partial charge in [-0.3, -0.25) is 0 Å². The first kappa shape index (κ1) is 9.69. The molecule has 0 aliphatic carbocycles. The first-order valence-corrected chi connectivity index (χ1v) is 5.48. The SMILES string of the molecule is c1ccc2nnc(C3CNCCO3)cc2c1. The van der Waals surface area contributed by atoms with Gasteiger partial charge in [0.1, 0.15) is 6.10 Å². The average molecular weight is 215 g/mol. The van der Waals surface area contributed by atoms with Crippen molar-refractivity contribution in [3.8, 4) is 0 Å². The molecule has 0 amide bonds. The molecule has 1 aliphatic rings. The van der Waals surface area contributed by atoms with E-state index in [2.05, 4.69) is 21.6 Å². The molecule has 1 aromatic carbocycles. The molecule has 16 heavy (non-hydrogen) atoms. The Labute approximate surface area is 93.6 Å². The second kappa shape index (κ2) is 4.15. The molecule has 1 atom stereocenters. The summed E-state index contributed by atoms with van der Waals surface area (Å²) in [7, 11) is 0. The number of hydrogen-bond donors (Lipinski definition) is 1. The number of hydrogen-bond acceptors (Lipinski definition) is 4. The van der Waals surface area contributed by atoms with Crippen LogP contribution in [0.1, 0.15) is 11.8 Å². The van der Waals surface area contributed by atoms with Gasteiger partial charge in [-0.1, -0.05) is 18.2 Å². The molecule has 4 nitrogen and oxygen atoms in total. The van der Waals surface area contributed by atoms with Gasteiger partial charge in [-0.2, -0.15) is 10.2 Å². The molecule has 1 aromatic heterocycles. The third kappa shape index (κ3) is 1.77. The van der Waals surface area contributed by atoms with Crippen molar-refractivity contribution >= 4 is 10.9 Å². The zero-order valence-corrected chi connectivity index (χ0v) is 8.89. The molecule has 1 N–H and O–H groups in total. The van der Waals surface area contributed by atoms with E-state index in [1.54, 1.807) is 0 Å². The highest BCUT2D eigenvalue weighted by molar-refractivity contribution is 5.77. The van der Waals surface area contributed by atoms with Crippen molar-refractivity contribution in [1.29, 1.82) is 0 Å². The van der Waals surface area contributed by atoms with E-state index < -0.39 is 0 Å². The first-order valence-electron chi connectivity index (χ1n) is 5.48. The van der Waals surface area contributed by atoms with Crippen LogP contribution in [-0.4, -0.2) is 29.9 Å². The quantitative estimate of drug-likeness (QED) is 0.778. The monoisotopic (exact) mass is 215 g/mol. The summed E-state index contributed by atoms with van der Waals surface area (Å²) in [4.78, 5) is 0. The van der Waals surface area contributed by atoms with Crippen molar-refractivity contribution in [2.45, 2.75) is 6.10 Å². The number of rotatable bonds is 1. The van der Waals surface area contributed by atoms with Gasteiger partial charge in [0, 0.05) is 18.5 Å². The number of nitrogens with one attached hydrogen (secondary N) is 1. The zero-order chi connectivity index (χ0) is 10.8. The Morgan fingerprint density at radius 3 is 3.06 bits per heavy atom. The van der Waals surface area contributed by atoms with Crippen molar-refractivity contribution in [1.82, 2.24) is 15.5 Å². The summed E-state index contributed by atoms with van der Waals surface area (Å²) in [6.07, 6.45) is 0.0332. The van der Waals surface area contributed by atoms with E-state index in [1.165, 1.54) is 0 Å². The van der Waals surface area contributed by atoms with Crippen LogP contribution in [0.15, 0.2) is 30.3 Å². The minimum atomic E-state index is 0.0332. The van der Waals surface area contributed by atoms with Crippen LogP contribution in [0.25, 0.3) is 10.9 Å². The fraction of sp³-hybridized carbons (Fsp3) is 0.333. The van der Waals surface area contributed by atoms with Gasteiger partial charge < -0.3 is 10.1 Å². The number of benzene rings is 1. The minimum Gasteiger partial charge on any atom is -0.369 e. The maximum Gasteiger partial charge on any atom is 0.114 e. The van der Waals surface area contributed by atoms with Gasteiger partial charge in [-0.05, 0) is 12.1 Å². The van der Waals surface area contributed by atoms with Crippen LogP contribution in [-0.2, 0) is 4.74 Å². The molecule has 0 bridgehead atoms. The number of ether oxygens (including phenoxy) is 1. The largest absolute Gasteiger partial charge is 0.369 e. The summed E-state index contributed by atoms with van der Waals surface area (Å²) in [5.74, 6) is 0. The van der Waals surface area contributed by atoms with Crippen LogP contribution in [0.4, 0.5) is 0 Å². The summed E-state index contributed by atoms with van der Waals surface area (Å²) in [6, 6.07) is 10.0. The number of aromatic nitrogens is 2. The molecule has 82 valence electrons. The molecule has 2 heterocycles. The van der Waals surface area contributed by atoms with Gasteiger partial charge in [-0.25, -0.2) is 0 Å². The molecule has 0 saturated carbocycles. The van der Waals surface area contributed by atoms with E-state index in [4.69, 9.17) is 4.74 Å². The summed E-state index contributed by atoms with van der Waals surface area (Å²) in [5, 5.41) is 12.8. The molecular formula is C12H13N3O. The lowest BCUT2D eigenvalue weighted by Crippen LogP contribution is -2.33. The Balaban J connectivity index is 1.97. The van der Waals surface area contributed by atoms with Crippen LogP contribution in [0.2, 0.25) is 0 Å². The van der Waals surface area contributed by atoms with Crippen LogP contribution in [0.5, 0.6) is 0 Å². The van der Waals surface area contributed by atoms with Crippen LogP contribution < -0.4 is 5.32 Å². The summed E-state index contributed by atoms with van der Waals surface area (Å²) in [5.41, 5.74) is 1.83. The Morgan fingerprint density at radius 1 is 1.25 bits per heavy atom. The van der Waals surface area contributed by atoms with Gasteiger partial charge in [-0.15, -0.1) is 0 Å². The second-order valence-corrected chi connectivity index (χ2v) is 3.89. The Kier molecular flexibility index (Phi) is 2.52. The molecule has 1 saturated heterocycles. The van der Waals surface area contributed by atoms with E-state index in [0.717, 1.165) is 36.3 Å². The standard InChI is InChI=1S/C12H13N3O/c1-2-4-10-9(3-1)7-11(15-14-10)12-8-13-5-6-16-12/h1-4,7,12-13H,5-6,8H2. The second-order valence-electron chi connectivity index (χ2n) is 3.89. The summed E-state index contributed by atoms with van der Waals surface area (Å²) >= 11 is 0. The number of nitrogens with zero attached hydrogens (tertiary/aromatic N) is 2. The van der Waals surface area contributed by atoms with E-state index in [-0.39, 0.29) is 6.10 Å². The van der Waals surface area contributed by atoms with E-state index in [1.807, 2.05) is 24.3 Å². The van der Waals surface area contributed by atoms with Crippen molar-refractivity contribution in [2.75, 3.05) is 19.7 Å². The predicted molar refractivity (Wildman–Crippen MR) is 61.1 cm³/mol. The van der Waals surface area contributed by atoms with Gasteiger partial charge >= 0.3 is 0 Å². The summed E-state index contributed by atoms with van der Waals surface area (Å²) < 4.78 is 5.65. The van der Waals surface area contributed by atoms with Gasteiger partial charge in [0.25, 0.3) is 0 Å². The van der Waals surface area contributed by atoms with Crippen molar-refractivity contribution in [3.05, 3.63) is 36.0 Å². The fourth-order valence-electron chi connectivity index (χ4n) is 1.91. The zero-order valence-electron chi connectivity index (χ0n) is 8.89. The molecule has 2 aromatic rings. The Bertz CT molecular complexity index is 494. The maximum atomic E-state index is 5.65. The Hall–Kier alpha value is -1.52. The third-order valence-corrected chi connectivity index (χ3v) is 2.77. The van der Waals surface area contributed by atoms with Crippen molar-refractivity contribution < 1.29 is 4.74 Å². The lowest BCUT2D eigenvalue weighted by molar-refractivity contribution is 0.0246. The van der Waals surface area contributed by atoms with Gasteiger partial charge in [0.15, 0.2) is 0 Å². The lowest BCUT2D eigenvalue weighted by Gasteiger charge is -2.22. The Morgan fingerprint density at radius 2 is 2.19 bits per heavy atom. The topological polar surface area (TPSA) is 47.0 Å². The highest BCUT2D eigenvalue weighted by Gasteiger charge is 2.17. The summed E-state index contributed by atoms with van der Waals surface area (Å²) in [6.45, 7) is 2.46. The average Bonchev–Trinajstić information content (AvgIpc) is 2.39. The molecular weight excluding hydrogens is 202 g/mol. The smallest absolute Gasteiger partial charge is 0.114 e. The van der Waals surface area contributed by atoms with E-state index in [9.17, 15) is 0 Å². The molecule has 1 fully saturated rings. The minimum absolute atomic E-state index is 0.0332. The highest BCUT2D eigenvalue weighted by atomic mass is 16.5. The molecule has 1 unspecified atom stereocenters. The van der Waals surface area contributed by atoms with Gasteiger partial charge in [0.2, 0.25) is 0 Å². The molecule has 0 spiro atoms. The van der Waals surface area contributed by atoms with E-state index >= 15 is 0 Å². The fourth-order valence-corrected chi connectivity index (χ4v) is 1.91. The van der Waals surface area contributed by atoms with Crippen LogP contribution in [0, 0.1) is 0 Å². The first-order chi connectivity index (χ1) is 7.93. The number of fused-ring (bicyclic) bond motifs is 1. The molecule has 4 heteroatoms. The molecule has 1 aliphatic heterocycles. The molecule has 3 rings (SSSR count). The number of morpholine rings is 1. The normalized spacial score (nSPS) is 21.1. The van der Waals surface area contributed by atoms with Gasteiger partial charge in [0.05, 0.1) is 17.8 Å². The molecule has 0 radical (unpaired) electrons. The third-order valence-electron chi connectivity index (χ3n) is 2.77. The van der Waals surface area contributed by atoms with Crippen LogP contribution in [0.3, 0.4) is 0 Å². The van der Waals surface area contributed by atoms with Crippen LogP contribution >= 0.6 is 0 Å². The predicted octanol–water partition coefficient (Wildman–Crippen LogP) is 1.29. The lowest BCUT2D eigenvalue weighted by atomic mass is 10.1. The highest BCUT2D eigenvalue weighted by Crippen LogP contribution is 2.19. The van der Waals surface area contributed by atoms with Crippen molar-refractivity contribution in [3.63, 3.8) is 0 Å². The van der Waals surface area contributed by atoms with E-state index in [0.29, 0.717) is 0 Å².